The number of benzene rings is 1. The number of halogens is 5. The van der Waals surface area contributed by atoms with Crippen LogP contribution in [-0.2, 0) is 15.9 Å². The Bertz CT molecular complexity index is 1120. The van der Waals surface area contributed by atoms with Gasteiger partial charge in [-0.05, 0) is 30.0 Å². The molecule has 0 saturated heterocycles. The number of hydrogen-bond donors (Lipinski definition) is 1. The Labute approximate surface area is 178 Å². The lowest BCUT2D eigenvalue weighted by molar-refractivity contribution is -0.158. The lowest BCUT2D eigenvalue weighted by atomic mass is 9.84. The van der Waals surface area contributed by atoms with Gasteiger partial charge in [-0.15, -0.1) is 0 Å². The summed E-state index contributed by atoms with van der Waals surface area (Å²) in [7, 11) is 0. The fraction of sp³-hybridized carbons (Fsp3) is 0.429. The molecule has 1 aliphatic heterocycles. The fourth-order valence-electron chi connectivity index (χ4n) is 4.47. The molecule has 2 fully saturated rings. The molecule has 1 aromatic carbocycles. The number of hydrogen-bond acceptors (Lipinski definition) is 4. The van der Waals surface area contributed by atoms with Crippen LogP contribution in [0.1, 0.15) is 40.7 Å². The molecule has 0 radical (unpaired) electrons. The number of aromatic nitrogens is 2. The molecular weight excluding hydrogens is 435 g/mol. The highest BCUT2D eigenvalue weighted by Gasteiger charge is 2.69. The SMILES string of the molecule is O=C(CN1CC2(CC2)c2cc([C@@]3(F)C[C@H]3C(F)(F)F)ccc2C1=O)Nc1ncc(F)cn1. The van der Waals surface area contributed by atoms with Crippen molar-refractivity contribution in [3.8, 4) is 0 Å². The number of fused-ring (bicyclic) bond motifs is 2. The van der Waals surface area contributed by atoms with E-state index in [1.54, 1.807) is 0 Å². The highest BCUT2D eigenvalue weighted by Crippen LogP contribution is 2.63. The third-order valence-corrected chi connectivity index (χ3v) is 6.43. The number of carbonyl (C=O) groups excluding carboxylic acids is 2. The number of nitrogens with one attached hydrogen (secondary N) is 1. The van der Waals surface area contributed by atoms with E-state index >= 15 is 0 Å². The monoisotopic (exact) mass is 452 g/mol. The number of alkyl halides is 4. The highest BCUT2D eigenvalue weighted by atomic mass is 19.4. The molecule has 2 saturated carbocycles. The van der Waals surface area contributed by atoms with E-state index in [0.29, 0.717) is 18.4 Å². The predicted octanol–water partition coefficient (Wildman–Crippen LogP) is 3.49. The molecular formula is C21H17F5N4O2. The molecule has 2 amide bonds. The van der Waals surface area contributed by atoms with E-state index in [9.17, 15) is 31.5 Å². The first kappa shape index (κ1) is 20.8. The summed E-state index contributed by atoms with van der Waals surface area (Å²) in [5.74, 6) is -3.84. The first-order valence-corrected chi connectivity index (χ1v) is 9.99. The minimum Gasteiger partial charge on any atom is -0.328 e. The van der Waals surface area contributed by atoms with E-state index in [0.717, 1.165) is 12.4 Å². The minimum absolute atomic E-state index is 0.0581. The lowest BCUT2D eigenvalue weighted by Crippen LogP contribution is -2.47. The van der Waals surface area contributed by atoms with Gasteiger partial charge in [0.1, 0.15) is 12.2 Å². The van der Waals surface area contributed by atoms with Crippen LogP contribution in [0.2, 0.25) is 0 Å². The Kier molecular flexibility index (Phi) is 4.35. The smallest absolute Gasteiger partial charge is 0.328 e. The molecule has 2 heterocycles. The fourth-order valence-corrected chi connectivity index (χ4v) is 4.47. The predicted molar refractivity (Wildman–Crippen MR) is 101 cm³/mol. The standard InChI is InChI=1S/C21H17F5N4O2/c22-12-7-27-18(28-8-12)29-16(31)9-30-10-19(3-4-19)14-5-11(1-2-13(14)17(30)32)20(23)6-15(20)21(24,25)26/h1-2,5,7-8,15H,3-4,6,9-10H2,(H,27,28,29,31)/t15-,20+/m1/s1. The Morgan fingerprint density at radius 2 is 1.91 bits per heavy atom. The Hall–Kier alpha value is -3.11. The Morgan fingerprint density at radius 3 is 2.50 bits per heavy atom. The summed E-state index contributed by atoms with van der Waals surface area (Å²) in [4.78, 5) is 33.9. The molecule has 32 heavy (non-hydrogen) atoms. The third-order valence-electron chi connectivity index (χ3n) is 6.43. The zero-order valence-corrected chi connectivity index (χ0v) is 16.5. The number of rotatable bonds is 4. The quantitative estimate of drug-likeness (QED) is 0.721. The first-order valence-electron chi connectivity index (χ1n) is 9.99. The summed E-state index contributed by atoms with van der Waals surface area (Å²) >= 11 is 0. The minimum atomic E-state index is -4.61. The van der Waals surface area contributed by atoms with Crippen molar-refractivity contribution in [2.75, 3.05) is 18.4 Å². The molecule has 2 atom stereocenters. The molecule has 1 spiro atoms. The maximum Gasteiger partial charge on any atom is 0.395 e. The van der Waals surface area contributed by atoms with Crippen molar-refractivity contribution in [2.24, 2.45) is 5.92 Å². The van der Waals surface area contributed by atoms with Crippen molar-refractivity contribution >= 4 is 17.8 Å². The Morgan fingerprint density at radius 1 is 1.22 bits per heavy atom. The second kappa shape index (κ2) is 6.69. The molecule has 0 unspecified atom stereocenters. The average molecular weight is 452 g/mol. The molecule has 6 nitrogen and oxygen atoms in total. The van der Waals surface area contributed by atoms with Crippen LogP contribution < -0.4 is 5.32 Å². The van der Waals surface area contributed by atoms with Gasteiger partial charge in [0.05, 0.1) is 18.3 Å². The summed E-state index contributed by atoms with van der Waals surface area (Å²) in [6.07, 6.45) is -2.09. The number of anilines is 1. The molecule has 1 N–H and O–H groups in total. The van der Waals surface area contributed by atoms with Gasteiger partial charge >= 0.3 is 6.18 Å². The van der Waals surface area contributed by atoms with Gasteiger partial charge in [0, 0.05) is 23.9 Å². The summed E-state index contributed by atoms with van der Waals surface area (Å²) in [5, 5.41) is 2.39. The number of carbonyl (C=O) groups is 2. The molecule has 5 rings (SSSR count). The van der Waals surface area contributed by atoms with Crippen molar-refractivity contribution in [1.82, 2.24) is 14.9 Å². The van der Waals surface area contributed by atoms with E-state index in [-0.39, 0.29) is 30.2 Å². The van der Waals surface area contributed by atoms with E-state index in [1.165, 1.54) is 23.1 Å². The topological polar surface area (TPSA) is 75.2 Å². The molecule has 1 aromatic heterocycles. The van der Waals surface area contributed by atoms with E-state index < -0.39 is 47.2 Å². The first-order chi connectivity index (χ1) is 15.0. The van der Waals surface area contributed by atoms with Crippen LogP contribution in [0.3, 0.4) is 0 Å². The lowest BCUT2D eigenvalue weighted by Gasteiger charge is -2.34. The number of amides is 2. The third kappa shape index (κ3) is 3.39. The van der Waals surface area contributed by atoms with Gasteiger partial charge in [0.15, 0.2) is 5.82 Å². The molecule has 168 valence electrons. The zero-order valence-electron chi connectivity index (χ0n) is 16.5. The summed E-state index contributed by atoms with van der Waals surface area (Å²) in [6.45, 7) is -0.103. The molecule has 0 bridgehead atoms. The summed E-state index contributed by atoms with van der Waals surface area (Å²) in [6, 6.07) is 3.98. The Balaban J connectivity index is 1.36. The van der Waals surface area contributed by atoms with Crippen LogP contribution >= 0.6 is 0 Å². The van der Waals surface area contributed by atoms with Crippen molar-refractivity contribution in [3.05, 3.63) is 53.1 Å². The van der Waals surface area contributed by atoms with Gasteiger partial charge in [0.25, 0.3) is 5.91 Å². The van der Waals surface area contributed by atoms with Crippen LogP contribution in [0.5, 0.6) is 0 Å². The molecule has 2 aliphatic carbocycles. The van der Waals surface area contributed by atoms with Crippen molar-refractivity contribution < 1.29 is 31.5 Å². The van der Waals surface area contributed by atoms with Gasteiger partial charge in [0.2, 0.25) is 11.9 Å². The number of nitrogens with zero attached hydrogens (tertiary/aromatic N) is 3. The highest BCUT2D eigenvalue weighted by molar-refractivity contribution is 6.01. The second-order valence-electron chi connectivity index (χ2n) is 8.64. The van der Waals surface area contributed by atoms with Crippen LogP contribution in [0.25, 0.3) is 0 Å². The zero-order chi connectivity index (χ0) is 22.9. The summed E-state index contributed by atoms with van der Waals surface area (Å²) in [5.41, 5.74) is -2.21. The second-order valence-corrected chi connectivity index (χ2v) is 8.64. The van der Waals surface area contributed by atoms with Gasteiger partial charge < -0.3 is 4.90 Å². The van der Waals surface area contributed by atoms with E-state index in [2.05, 4.69) is 15.3 Å². The molecule has 2 aromatic rings. The van der Waals surface area contributed by atoms with Crippen molar-refractivity contribution in [3.63, 3.8) is 0 Å². The van der Waals surface area contributed by atoms with Crippen molar-refractivity contribution in [1.29, 1.82) is 0 Å². The maximum atomic E-state index is 14.9. The van der Waals surface area contributed by atoms with Gasteiger partial charge in [-0.2, -0.15) is 13.2 Å². The van der Waals surface area contributed by atoms with E-state index in [4.69, 9.17) is 0 Å². The van der Waals surface area contributed by atoms with Crippen LogP contribution in [-0.4, -0.2) is 45.9 Å². The van der Waals surface area contributed by atoms with E-state index in [1.807, 2.05) is 0 Å². The van der Waals surface area contributed by atoms with Crippen LogP contribution in [0, 0.1) is 11.7 Å². The van der Waals surface area contributed by atoms with Gasteiger partial charge in [-0.1, -0.05) is 12.1 Å². The van der Waals surface area contributed by atoms with Gasteiger partial charge in [-0.3, -0.25) is 14.9 Å². The largest absolute Gasteiger partial charge is 0.395 e. The van der Waals surface area contributed by atoms with Crippen LogP contribution in [0.15, 0.2) is 30.6 Å². The summed E-state index contributed by atoms with van der Waals surface area (Å²) < 4.78 is 66.7. The van der Waals surface area contributed by atoms with Crippen molar-refractivity contribution in [2.45, 2.75) is 36.5 Å². The normalized spacial score (nSPS) is 25.5. The average Bonchev–Trinajstić information content (AvgIpc) is 3.64. The van der Waals surface area contributed by atoms with Crippen LogP contribution in [0.4, 0.5) is 27.9 Å². The maximum absolute atomic E-state index is 14.9. The van der Waals surface area contributed by atoms with Gasteiger partial charge in [-0.25, -0.2) is 18.7 Å². The molecule has 3 aliphatic rings. The molecule has 11 heteroatoms.